The number of likely N-dealkylation sites (N-methyl/N-ethyl adjacent to an activating group) is 1. The Kier molecular flexibility index (Phi) is 5.86. The van der Waals surface area contributed by atoms with Crippen LogP contribution in [0.2, 0.25) is 0 Å². The van der Waals surface area contributed by atoms with Gasteiger partial charge >= 0.3 is 0 Å². The van der Waals surface area contributed by atoms with Crippen LogP contribution >= 0.6 is 0 Å². The maximum atomic E-state index is 6.23. The molecule has 0 aromatic rings. The highest BCUT2D eigenvalue weighted by molar-refractivity contribution is 5.19. The summed E-state index contributed by atoms with van der Waals surface area (Å²) in [5.41, 5.74) is 1.51. The smallest absolute Gasteiger partial charge is 0.0916 e. The van der Waals surface area contributed by atoms with Crippen molar-refractivity contribution < 1.29 is 9.47 Å². The van der Waals surface area contributed by atoms with E-state index in [1.807, 2.05) is 0 Å². The van der Waals surface area contributed by atoms with E-state index in [0.717, 1.165) is 32.7 Å². The molecule has 110 valence electrons. The normalized spacial score (nSPS) is 25.5. The highest BCUT2D eigenvalue weighted by Crippen LogP contribution is 2.35. The van der Waals surface area contributed by atoms with E-state index in [-0.39, 0.29) is 5.60 Å². The summed E-state index contributed by atoms with van der Waals surface area (Å²) in [6.45, 7) is 4.54. The summed E-state index contributed by atoms with van der Waals surface area (Å²) in [7, 11) is 2.08. The largest absolute Gasteiger partial charge is 0.381 e. The molecule has 0 aromatic heterocycles. The van der Waals surface area contributed by atoms with Crippen LogP contribution in [0.15, 0.2) is 11.6 Å². The Bertz CT molecular complexity index is 290. The van der Waals surface area contributed by atoms with Gasteiger partial charge < -0.3 is 14.8 Å². The standard InChI is InChI=1S/C16H29NO2/c1-3-19-16(10-12-18-13-11-16)15(17-2)14-8-6-4-5-7-9-14/h8,15,17H,3-7,9-13H2,1-2H3. The fourth-order valence-corrected chi connectivity index (χ4v) is 3.61. The number of ether oxygens (including phenoxy) is 2. The molecule has 1 aliphatic carbocycles. The molecule has 1 atom stereocenters. The number of hydrogen-bond acceptors (Lipinski definition) is 3. The summed E-state index contributed by atoms with van der Waals surface area (Å²) in [6.07, 6.45) is 10.9. The van der Waals surface area contributed by atoms with Crippen molar-refractivity contribution in [3.63, 3.8) is 0 Å². The minimum absolute atomic E-state index is 0.0576. The zero-order valence-corrected chi connectivity index (χ0v) is 12.5. The Balaban J connectivity index is 2.17. The van der Waals surface area contributed by atoms with E-state index in [4.69, 9.17) is 9.47 Å². The number of nitrogens with one attached hydrogen (secondary N) is 1. The van der Waals surface area contributed by atoms with Crippen LogP contribution in [-0.2, 0) is 9.47 Å². The van der Waals surface area contributed by atoms with Gasteiger partial charge in [-0.3, -0.25) is 0 Å². The molecule has 0 amide bonds. The molecule has 1 heterocycles. The molecule has 0 bridgehead atoms. The predicted octanol–water partition coefficient (Wildman–Crippen LogP) is 3.05. The first-order valence-corrected chi connectivity index (χ1v) is 7.90. The molecule has 1 saturated heterocycles. The van der Waals surface area contributed by atoms with Gasteiger partial charge in [0, 0.05) is 32.7 Å². The van der Waals surface area contributed by atoms with Crippen LogP contribution in [0.4, 0.5) is 0 Å². The summed E-state index contributed by atoms with van der Waals surface area (Å²) in [5.74, 6) is 0. The lowest BCUT2D eigenvalue weighted by atomic mass is 9.80. The first-order valence-electron chi connectivity index (χ1n) is 7.90. The average Bonchev–Trinajstić information content (AvgIpc) is 2.70. The molecule has 1 unspecified atom stereocenters. The highest BCUT2D eigenvalue weighted by atomic mass is 16.5. The fourth-order valence-electron chi connectivity index (χ4n) is 3.61. The molecule has 2 rings (SSSR count). The van der Waals surface area contributed by atoms with E-state index in [1.165, 1.54) is 32.1 Å². The van der Waals surface area contributed by atoms with Gasteiger partial charge in [0.25, 0.3) is 0 Å². The predicted molar refractivity (Wildman–Crippen MR) is 78.4 cm³/mol. The Morgan fingerprint density at radius 3 is 2.79 bits per heavy atom. The van der Waals surface area contributed by atoms with Crippen LogP contribution in [-0.4, -0.2) is 38.5 Å². The first-order chi connectivity index (χ1) is 9.32. The zero-order chi connectivity index (χ0) is 13.6. The molecule has 1 aliphatic heterocycles. The van der Waals surface area contributed by atoms with Crippen LogP contribution < -0.4 is 5.32 Å². The molecule has 0 spiro atoms. The van der Waals surface area contributed by atoms with Crippen LogP contribution in [0, 0.1) is 0 Å². The third-order valence-corrected chi connectivity index (χ3v) is 4.53. The Morgan fingerprint density at radius 1 is 1.32 bits per heavy atom. The molecule has 1 N–H and O–H groups in total. The van der Waals surface area contributed by atoms with Gasteiger partial charge in [-0.2, -0.15) is 0 Å². The van der Waals surface area contributed by atoms with Crippen LogP contribution in [0.3, 0.4) is 0 Å². The molecular weight excluding hydrogens is 238 g/mol. The van der Waals surface area contributed by atoms with Gasteiger partial charge in [0.2, 0.25) is 0 Å². The Morgan fingerprint density at radius 2 is 2.11 bits per heavy atom. The van der Waals surface area contributed by atoms with Gasteiger partial charge in [0.15, 0.2) is 0 Å². The lowest BCUT2D eigenvalue weighted by Crippen LogP contribution is -2.55. The van der Waals surface area contributed by atoms with E-state index in [1.54, 1.807) is 5.57 Å². The second-order valence-electron chi connectivity index (χ2n) is 5.71. The van der Waals surface area contributed by atoms with Crippen LogP contribution in [0.1, 0.15) is 51.9 Å². The maximum absolute atomic E-state index is 6.23. The molecular formula is C16H29NO2. The molecule has 19 heavy (non-hydrogen) atoms. The monoisotopic (exact) mass is 267 g/mol. The van der Waals surface area contributed by atoms with Gasteiger partial charge in [0.05, 0.1) is 11.6 Å². The SMILES string of the molecule is CCOC1(C(NC)C2=CCCCCC2)CCOCC1. The summed E-state index contributed by atoms with van der Waals surface area (Å²) in [4.78, 5) is 0. The summed E-state index contributed by atoms with van der Waals surface area (Å²) in [6, 6.07) is 0.356. The van der Waals surface area contributed by atoms with Gasteiger partial charge in [-0.05, 0) is 39.7 Å². The quantitative estimate of drug-likeness (QED) is 0.777. The van der Waals surface area contributed by atoms with Gasteiger partial charge in [-0.1, -0.05) is 18.1 Å². The fraction of sp³-hybridized carbons (Fsp3) is 0.875. The van der Waals surface area contributed by atoms with Crippen molar-refractivity contribution in [3.8, 4) is 0 Å². The molecule has 1 fully saturated rings. The zero-order valence-electron chi connectivity index (χ0n) is 12.5. The average molecular weight is 267 g/mol. The van der Waals surface area contributed by atoms with E-state index in [0.29, 0.717) is 6.04 Å². The number of hydrogen-bond donors (Lipinski definition) is 1. The first kappa shape index (κ1) is 15.0. The molecule has 2 aliphatic rings. The molecule has 0 aromatic carbocycles. The van der Waals surface area contributed by atoms with E-state index in [2.05, 4.69) is 25.4 Å². The van der Waals surface area contributed by atoms with Crippen molar-refractivity contribution >= 4 is 0 Å². The minimum Gasteiger partial charge on any atom is -0.381 e. The summed E-state index contributed by atoms with van der Waals surface area (Å²) >= 11 is 0. The van der Waals surface area contributed by atoms with Crippen molar-refractivity contribution in [2.45, 2.75) is 63.5 Å². The molecule has 3 heteroatoms. The van der Waals surface area contributed by atoms with Crippen molar-refractivity contribution in [2.75, 3.05) is 26.9 Å². The molecule has 3 nitrogen and oxygen atoms in total. The van der Waals surface area contributed by atoms with E-state index in [9.17, 15) is 0 Å². The van der Waals surface area contributed by atoms with Crippen molar-refractivity contribution in [2.24, 2.45) is 0 Å². The van der Waals surface area contributed by atoms with Gasteiger partial charge in [0.1, 0.15) is 0 Å². The summed E-state index contributed by atoms with van der Waals surface area (Å²) in [5, 5.41) is 3.55. The highest BCUT2D eigenvalue weighted by Gasteiger charge is 2.42. The third kappa shape index (κ3) is 3.59. The van der Waals surface area contributed by atoms with Crippen molar-refractivity contribution in [1.29, 1.82) is 0 Å². The lowest BCUT2D eigenvalue weighted by molar-refractivity contribution is -0.119. The lowest BCUT2D eigenvalue weighted by Gasteiger charge is -2.44. The van der Waals surface area contributed by atoms with Crippen molar-refractivity contribution in [1.82, 2.24) is 5.32 Å². The number of rotatable bonds is 5. The summed E-state index contributed by atoms with van der Waals surface area (Å²) < 4.78 is 11.8. The second kappa shape index (κ2) is 7.41. The maximum Gasteiger partial charge on any atom is 0.0916 e. The second-order valence-corrected chi connectivity index (χ2v) is 5.71. The van der Waals surface area contributed by atoms with Gasteiger partial charge in [-0.25, -0.2) is 0 Å². The topological polar surface area (TPSA) is 30.5 Å². The molecule has 0 saturated carbocycles. The van der Waals surface area contributed by atoms with Crippen LogP contribution in [0.25, 0.3) is 0 Å². The third-order valence-electron chi connectivity index (χ3n) is 4.53. The van der Waals surface area contributed by atoms with Gasteiger partial charge in [-0.15, -0.1) is 0 Å². The number of allylic oxidation sites excluding steroid dienone is 1. The van der Waals surface area contributed by atoms with Crippen molar-refractivity contribution in [3.05, 3.63) is 11.6 Å². The van der Waals surface area contributed by atoms with E-state index < -0.39 is 0 Å². The van der Waals surface area contributed by atoms with E-state index >= 15 is 0 Å². The Labute approximate surface area is 117 Å². The minimum atomic E-state index is -0.0576. The molecule has 0 radical (unpaired) electrons. The van der Waals surface area contributed by atoms with Crippen LogP contribution in [0.5, 0.6) is 0 Å². The Hall–Kier alpha value is -0.380.